The van der Waals surface area contributed by atoms with Gasteiger partial charge >= 0.3 is 6.09 Å². The van der Waals surface area contributed by atoms with Gasteiger partial charge in [0.1, 0.15) is 15.6 Å². The molecule has 21 heavy (non-hydrogen) atoms. The highest BCUT2D eigenvalue weighted by Gasteiger charge is 2.19. The number of nitrogens with zero attached hydrogens (tertiary/aromatic N) is 1. The molecule has 2 aromatic rings. The highest BCUT2D eigenvalue weighted by atomic mass is 32.1. The zero-order valence-corrected chi connectivity index (χ0v) is 13.6. The number of hydrogen-bond acceptors (Lipinski definition) is 4. The van der Waals surface area contributed by atoms with Crippen LogP contribution in [-0.4, -0.2) is 16.7 Å². The van der Waals surface area contributed by atoms with Crippen molar-refractivity contribution in [3.8, 4) is 10.6 Å². The average Bonchev–Trinajstić information content (AvgIpc) is 2.80. The lowest BCUT2D eigenvalue weighted by molar-refractivity contribution is 0.0636. The summed E-state index contributed by atoms with van der Waals surface area (Å²) in [5.41, 5.74) is 1.42. The third-order valence-corrected chi connectivity index (χ3v) is 3.73. The van der Waals surface area contributed by atoms with Crippen molar-refractivity contribution in [1.82, 2.24) is 4.98 Å². The quantitative estimate of drug-likeness (QED) is 0.892. The molecule has 0 aliphatic heterocycles. The minimum Gasteiger partial charge on any atom is -0.444 e. The van der Waals surface area contributed by atoms with Gasteiger partial charge in [0.2, 0.25) is 0 Å². The van der Waals surface area contributed by atoms with Crippen LogP contribution in [0.3, 0.4) is 0 Å². The van der Waals surface area contributed by atoms with Gasteiger partial charge in [0.15, 0.2) is 0 Å². The summed E-state index contributed by atoms with van der Waals surface area (Å²) in [4.78, 5) is 16.5. The van der Waals surface area contributed by atoms with Gasteiger partial charge in [-0.15, -0.1) is 0 Å². The van der Waals surface area contributed by atoms with Crippen LogP contribution in [0.2, 0.25) is 0 Å². The molecule has 0 radical (unpaired) electrons. The Labute approximate surface area is 129 Å². The summed E-state index contributed by atoms with van der Waals surface area (Å²) < 4.78 is 5.28. The Morgan fingerprint density at radius 2 is 1.95 bits per heavy atom. The molecule has 1 aromatic carbocycles. The lowest BCUT2D eigenvalue weighted by Crippen LogP contribution is -2.27. The van der Waals surface area contributed by atoms with Gasteiger partial charge in [-0.1, -0.05) is 48.6 Å². The first-order valence-corrected chi connectivity index (χ1v) is 7.76. The highest BCUT2D eigenvalue weighted by molar-refractivity contribution is 7.19. The second kappa shape index (κ2) is 6.26. The van der Waals surface area contributed by atoms with Gasteiger partial charge in [0, 0.05) is 5.56 Å². The number of benzene rings is 1. The zero-order chi connectivity index (χ0) is 15.5. The molecule has 5 heteroatoms. The number of hydrogen-bond donors (Lipinski definition) is 1. The van der Waals surface area contributed by atoms with Gasteiger partial charge in [0.05, 0.1) is 5.69 Å². The van der Waals surface area contributed by atoms with E-state index in [2.05, 4.69) is 10.3 Å². The summed E-state index contributed by atoms with van der Waals surface area (Å²) >= 11 is 1.47. The Hall–Kier alpha value is -1.88. The predicted octanol–water partition coefficient (Wildman–Crippen LogP) is 4.72. The summed E-state index contributed by atoms with van der Waals surface area (Å²) in [5.74, 6) is 0. The fraction of sp³-hybridized carbons (Fsp3) is 0.375. The Morgan fingerprint density at radius 3 is 2.52 bits per heavy atom. The second-order valence-corrected chi connectivity index (χ2v) is 6.64. The normalized spacial score (nSPS) is 11.2. The van der Waals surface area contributed by atoms with Crippen molar-refractivity contribution in [2.75, 3.05) is 5.32 Å². The number of aromatic nitrogens is 1. The van der Waals surface area contributed by atoms with Crippen molar-refractivity contribution in [3.63, 3.8) is 0 Å². The predicted molar refractivity (Wildman–Crippen MR) is 86.8 cm³/mol. The van der Waals surface area contributed by atoms with E-state index >= 15 is 0 Å². The molecule has 112 valence electrons. The van der Waals surface area contributed by atoms with Crippen LogP contribution >= 0.6 is 11.3 Å². The number of anilines is 1. The van der Waals surface area contributed by atoms with Crippen molar-refractivity contribution >= 4 is 22.4 Å². The molecule has 1 N–H and O–H groups in total. The van der Waals surface area contributed by atoms with Crippen molar-refractivity contribution in [1.29, 1.82) is 0 Å². The maximum absolute atomic E-state index is 11.9. The first kappa shape index (κ1) is 15.5. The van der Waals surface area contributed by atoms with Gasteiger partial charge in [-0.2, -0.15) is 0 Å². The number of thiazole rings is 1. The molecule has 1 amide bonds. The number of rotatable bonds is 3. The standard InChI is InChI=1S/C16H20N2O2S/c1-5-12-14(18-15(19)20-16(2,3)4)21-13(17-12)11-9-7-6-8-10-11/h6-10H,5H2,1-4H3,(H,18,19). The van der Waals surface area contributed by atoms with Crippen LogP contribution in [0, 0.1) is 0 Å². The maximum atomic E-state index is 11.9. The molecule has 0 spiro atoms. The second-order valence-electron chi connectivity index (χ2n) is 5.64. The number of amides is 1. The van der Waals surface area contributed by atoms with Gasteiger partial charge < -0.3 is 4.74 Å². The number of ether oxygens (including phenoxy) is 1. The van der Waals surface area contributed by atoms with E-state index in [9.17, 15) is 4.79 Å². The molecule has 1 aromatic heterocycles. The van der Waals surface area contributed by atoms with Crippen LogP contribution in [0.5, 0.6) is 0 Å². The van der Waals surface area contributed by atoms with E-state index < -0.39 is 11.7 Å². The minimum atomic E-state index is -0.511. The fourth-order valence-corrected chi connectivity index (χ4v) is 2.83. The van der Waals surface area contributed by atoms with Crippen LogP contribution in [0.15, 0.2) is 30.3 Å². The Bertz CT molecular complexity index is 615. The van der Waals surface area contributed by atoms with Gasteiger partial charge in [-0.3, -0.25) is 5.32 Å². The van der Waals surface area contributed by atoms with Crippen molar-refractivity contribution in [2.45, 2.75) is 39.7 Å². The van der Waals surface area contributed by atoms with Crippen molar-refractivity contribution in [3.05, 3.63) is 36.0 Å². The number of carbonyl (C=O) groups excluding carboxylic acids is 1. The maximum Gasteiger partial charge on any atom is 0.412 e. The van der Waals surface area contributed by atoms with E-state index in [1.165, 1.54) is 11.3 Å². The third-order valence-electron chi connectivity index (χ3n) is 2.67. The molecule has 0 saturated carbocycles. The van der Waals surface area contributed by atoms with Crippen LogP contribution in [0.4, 0.5) is 9.80 Å². The largest absolute Gasteiger partial charge is 0.444 e. The average molecular weight is 304 g/mol. The van der Waals surface area contributed by atoms with Crippen LogP contribution in [0.1, 0.15) is 33.4 Å². The van der Waals surface area contributed by atoms with E-state index in [0.29, 0.717) is 0 Å². The topological polar surface area (TPSA) is 51.2 Å². The number of nitrogens with one attached hydrogen (secondary N) is 1. The molecule has 0 bridgehead atoms. The highest BCUT2D eigenvalue weighted by Crippen LogP contribution is 2.32. The molecule has 2 rings (SSSR count). The molecule has 0 aliphatic carbocycles. The van der Waals surface area contributed by atoms with Crippen LogP contribution in [-0.2, 0) is 11.2 Å². The van der Waals surface area contributed by atoms with E-state index in [0.717, 1.165) is 27.7 Å². The van der Waals surface area contributed by atoms with Crippen LogP contribution in [0.25, 0.3) is 10.6 Å². The minimum absolute atomic E-state index is 0.444. The SMILES string of the molecule is CCc1nc(-c2ccccc2)sc1NC(=O)OC(C)(C)C. The molecule has 0 fully saturated rings. The summed E-state index contributed by atoms with van der Waals surface area (Å²) in [6.45, 7) is 7.55. The molecule has 0 atom stereocenters. The summed E-state index contributed by atoms with van der Waals surface area (Å²) in [5, 5.41) is 4.46. The third kappa shape index (κ3) is 4.29. The summed E-state index contributed by atoms with van der Waals surface area (Å²) in [6.07, 6.45) is 0.314. The van der Waals surface area contributed by atoms with Gasteiger partial charge in [-0.25, -0.2) is 9.78 Å². The molecule has 0 saturated heterocycles. The van der Waals surface area contributed by atoms with Gasteiger partial charge in [-0.05, 0) is 27.2 Å². The Kier molecular flexibility index (Phi) is 4.63. The van der Waals surface area contributed by atoms with E-state index in [-0.39, 0.29) is 0 Å². The first-order valence-electron chi connectivity index (χ1n) is 6.94. The molecule has 0 unspecified atom stereocenters. The first-order chi connectivity index (χ1) is 9.89. The number of carbonyl (C=O) groups is 1. The lowest BCUT2D eigenvalue weighted by atomic mass is 10.2. The molecule has 0 aliphatic rings. The van der Waals surface area contributed by atoms with Crippen LogP contribution < -0.4 is 5.32 Å². The van der Waals surface area contributed by atoms with Crippen molar-refractivity contribution in [2.24, 2.45) is 0 Å². The zero-order valence-electron chi connectivity index (χ0n) is 12.8. The Balaban J connectivity index is 2.20. The van der Waals surface area contributed by atoms with E-state index in [1.54, 1.807) is 0 Å². The smallest absolute Gasteiger partial charge is 0.412 e. The lowest BCUT2D eigenvalue weighted by Gasteiger charge is -2.19. The fourth-order valence-electron chi connectivity index (χ4n) is 1.79. The van der Waals surface area contributed by atoms with E-state index in [1.807, 2.05) is 58.0 Å². The van der Waals surface area contributed by atoms with Crippen molar-refractivity contribution < 1.29 is 9.53 Å². The monoisotopic (exact) mass is 304 g/mol. The van der Waals surface area contributed by atoms with E-state index in [4.69, 9.17) is 4.74 Å². The summed E-state index contributed by atoms with van der Waals surface area (Å²) in [7, 11) is 0. The molecular formula is C16H20N2O2S. The molecule has 4 nitrogen and oxygen atoms in total. The van der Waals surface area contributed by atoms with Gasteiger partial charge in [0.25, 0.3) is 0 Å². The summed E-state index contributed by atoms with van der Waals surface area (Å²) in [6, 6.07) is 9.94. The molecule has 1 heterocycles. The molecular weight excluding hydrogens is 284 g/mol. The number of aryl methyl sites for hydroxylation is 1. The Morgan fingerprint density at radius 1 is 1.29 bits per heavy atom.